The lowest BCUT2D eigenvalue weighted by atomic mass is 9.64. The van der Waals surface area contributed by atoms with E-state index < -0.39 is 23.3 Å². The first-order valence-electron chi connectivity index (χ1n) is 4.58. The van der Waals surface area contributed by atoms with Gasteiger partial charge in [0.15, 0.2) is 0 Å². The quantitative estimate of drug-likeness (QED) is 0.755. The molecular weight excluding hydrogens is 201 g/mol. The van der Waals surface area contributed by atoms with Crippen molar-refractivity contribution in [1.29, 1.82) is 0 Å². The van der Waals surface area contributed by atoms with E-state index in [1.54, 1.807) is 0 Å². The van der Waals surface area contributed by atoms with Gasteiger partial charge in [0.1, 0.15) is 11.2 Å². The number of hydrogen-bond acceptors (Lipinski definition) is 3. The van der Waals surface area contributed by atoms with Crippen molar-refractivity contribution in [2.75, 3.05) is 0 Å². The fraction of sp³-hybridized carbons (Fsp3) is 0.400. The molecule has 1 aromatic rings. The molecule has 4 nitrogen and oxygen atoms in total. The van der Waals surface area contributed by atoms with E-state index in [-0.39, 0.29) is 12.8 Å². The van der Waals surface area contributed by atoms with Crippen molar-refractivity contribution in [3.63, 3.8) is 0 Å². The van der Waals surface area contributed by atoms with Gasteiger partial charge in [-0.1, -0.05) is 0 Å². The van der Waals surface area contributed by atoms with Crippen molar-refractivity contribution in [2.45, 2.75) is 24.4 Å². The first-order chi connectivity index (χ1) is 7.04. The number of carboxylic acids is 1. The van der Waals surface area contributed by atoms with E-state index in [2.05, 4.69) is 4.98 Å². The van der Waals surface area contributed by atoms with Gasteiger partial charge in [-0.05, 0) is 25.0 Å². The second kappa shape index (κ2) is 3.27. The number of nitrogens with zero attached hydrogens (tertiary/aromatic N) is 1. The number of pyridine rings is 1. The van der Waals surface area contributed by atoms with Crippen LogP contribution in [-0.2, 0) is 10.2 Å². The number of aromatic nitrogens is 1. The third kappa shape index (κ3) is 1.48. The highest BCUT2D eigenvalue weighted by molar-refractivity contribution is 5.82. The molecule has 0 unspecified atom stereocenters. The number of aliphatic hydroxyl groups excluding tert-OH is 1. The number of hydrogen-bond donors (Lipinski definition) is 2. The fourth-order valence-corrected chi connectivity index (χ4v) is 1.90. The maximum absolute atomic E-state index is 12.6. The van der Waals surface area contributed by atoms with Crippen LogP contribution in [0.25, 0.3) is 0 Å². The van der Waals surface area contributed by atoms with E-state index in [4.69, 9.17) is 5.11 Å². The average Bonchev–Trinajstić information content (AvgIpc) is 2.13. The molecule has 0 amide bonds. The number of carboxylic acid groups (broad SMARTS) is 1. The van der Waals surface area contributed by atoms with Crippen LogP contribution in [0.3, 0.4) is 0 Å². The summed E-state index contributed by atoms with van der Waals surface area (Å²) in [5.74, 6) is -1.52. The van der Waals surface area contributed by atoms with Crippen LogP contribution in [0.2, 0.25) is 0 Å². The van der Waals surface area contributed by atoms with E-state index in [1.807, 2.05) is 0 Å². The second-order valence-electron chi connectivity index (χ2n) is 3.81. The number of carbonyl (C=O) groups is 1. The summed E-state index contributed by atoms with van der Waals surface area (Å²) in [5.41, 5.74) is -0.825. The van der Waals surface area contributed by atoms with Gasteiger partial charge < -0.3 is 10.2 Å². The number of rotatable bonds is 2. The third-order valence-corrected chi connectivity index (χ3v) is 2.80. The maximum atomic E-state index is 12.6. The maximum Gasteiger partial charge on any atom is 0.315 e. The highest BCUT2D eigenvalue weighted by atomic mass is 19.1. The Morgan fingerprint density at radius 3 is 2.60 bits per heavy atom. The molecule has 2 rings (SSSR count). The van der Waals surface area contributed by atoms with Crippen molar-refractivity contribution in [3.8, 4) is 0 Å². The highest BCUT2D eigenvalue weighted by Crippen LogP contribution is 2.43. The topological polar surface area (TPSA) is 70.4 Å². The minimum absolute atomic E-state index is 0.140. The van der Waals surface area contributed by atoms with Crippen LogP contribution in [0.5, 0.6) is 0 Å². The van der Waals surface area contributed by atoms with Crippen LogP contribution in [0.4, 0.5) is 4.39 Å². The van der Waals surface area contributed by atoms with E-state index in [9.17, 15) is 14.3 Å². The molecule has 0 aliphatic heterocycles. The molecular formula is C10H10FNO3. The summed E-state index contributed by atoms with van der Waals surface area (Å²) in [7, 11) is 0. The molecule has 0 spiro atoms. The first kappa shape index (κ1) is 10.0. The smallest absolute Gasteiger partial charge is 0.315 e. The van der Waals surface area contributed by atoms with Crippen LogP contribution in [0.1, 0.15) is 18.5 Å². The van der Waals surface area contributed by atoms with Crippen LogP contribution < -0.4 is 0 Å². The Bertz CT molecular complexity index is 384. The Hall–Kier alpha value is -1.49. The average molecular weight is 211 g/mol. The lowest BCUT2D eigenvalue weighted by Crippen LogP contribution is -2.51. The molecule has 80 valence electrons. The molecule has 1 aliphatic rings. The van der Waals surface area contributed by atoms with Gasteiger partial charge in [-0.3, -0.25) is 9.78 Å². The van der Waals surface area contributed by atoms with Gasteiger partial charge in [-0.15, -0.1) is 0 Å². The monoisotopic (exact) mass is 211 g/mol. The van der Waals surface area contributed by atoms with Crippen LogP contribution >= 0.6 is 0 Å². The van der Waals surface area contributed by atoms with Gasteiger partial charge in [-0.2, -0.15) is 0 Å². The Balaban J connectivity index is 2.34. The van der Waals surface area contributed by atoms with Gasteiger partial charge in [-0.25, -0.2) is 4.39 Å². The largest absolute Gasteiger partial charge is 0.481 e. The zero-order valence-electron chi connectivity index (χ0n) is 7.85. The van der Waals surface area contributed by atoms with Crippen LogP contribution in [-0.4, -0.2) is 27.3 Å². The first-order valence-corrected chi connectivity index (χ1v) is 4.58. The zero-order valence-corrected chi connectivity index (χ0v) is 7.85. The molecule has 1 fully saturated rings. The summed E-state index contributed by atoms with van der Waals surface area (Å²) in [5, 5.41) is 18.3. The van der Waals surface area contributed by atoms with Gasteiger partial charge in [0.2, 0.25) is 0 Å². The number of halogens is 1. The summed E-state index contributed by atoms with van der Waals surface area (Å²) < 4.78 is 12.6. The zero-order chi connectivity index (χ0) is 11.1. The molecule has 1 aliphatic carbocycles. The molecule has 5 heteroatoms. The molecule has 0 radical (unpaired) electrons. The third-order valence-electron chi connectivity index (χ3n) is 2.80. The van der Waals surface area contributed by atoms with E-state index >= 15 is 0 Å². The molecule has 1 heterocycles. The van der Waals surface area contributed by atoms with E-state index in [0.29, 0.717) is 5.69 Å². The molecule has 0 saturated heterocycles. The van der Waals surface area contributed by atoms with Crippen molar-refractivity contribution in [1.82, 2.24) is 4.98 Å². The molecule has 1 saturated carbocycles. The Labute approximate surface area is 85.4 Å². The fourth-order valence-electron chi connectivity index (χ4n) is 1.90. The summed E-state index contributed by atoms with van der Waals surface area (Å²) in [4.78, 5) is 14.9. The van der Waals surface area contributed by atoms with Crippen LogP contribution in [0.15, 0.2) is 18.3 Å². The lowest BCUT2D eigenvalue weighted by molar-refractivity contribution is -0.153. The molecule has 15 heavy (non-hydrogen) atoms. The normalized spacial score (nSPS) is 29.6. The predicted octanol–water partition coefficient (Wildman–Crippen LogP) is 0.698. The van der Waals surface area contributed by atoms with E-state index in [0.717, 1.165) is 6.20 Å². The Morgan fingerprint density at radius 1 is 1.53 bits per heavy atom. The highest BCUT2D eigenvalue weighted by Gasteiger charge is 2.52. The molecule has 0 aromatic carbocycles. The van der Waals surface area contributed by atoms with Crippen LogP contribution in [0, 0.1) is 5.82 Å². The molecule has 2 N–H and O–H groups in total. The van der Waals surface area contributed by atoms with Crippen molar-refractivity contribution < 1.29 is 19.4 Å². The minimum Gasteiger partial charge on any atom is -0.481 e. The van der Waals surface area contributed by atoms with Gasteiger partial charge >= 0.3 is 5.97 Å². The van der Waals surface area contributed by atoms with Gasteiger partial charge in [0, 0.05) is 0 Å². The van der Waals surface area contributed by atoms with Gasteiger partial charge in [0.25, 0.3) is 0 Å². The second-order valence-corrected chi connectivity index (χ2v) is 3.81. The number of aliphatic carboxylic acids is 1. The SMILES string of the molecule is O=C(O)C1(c2ccc(F)cn2)CC(O)C1. The molecule has 1 aromatic heterocycles. The van der Waals surface area contributed by atoms with Crippen molar-refractivity contribution in [3.05, 3.63) is 29.8 Å². The molecule has 0 bridgehead atoms. The van der Waals surface area contributed by atoms with E-state index in [1.165, 1.54) is 12.1 Å². The summed E-state index contributed by atoms with van der Waals surface area (Å²) in [6, 6.07) is 2.53. The van der Waals surface area contributed by atoms with Gasteiger partial charge in [0.05, 0.1) is 18.0 Å². The Morgan fingerprint density at radius 2 is 2.20 bits per heavy atom. The van der Waals surface area contributed by atoms with Crippen molar-refractivity contribution in [2.24, 2.45) is 0 Å². The summed E-state index contributed by atoms with van der Waals surface area (Å²) in [6.45, 7) is 0. The minimum atomic E-state index is -1.13. The summed E-state index contributed by atoms with van der Waals surface area (Å²) in [6.07, 6.45) is 0.667. The van der Waals surface area contributed by atoms with Crippen molar-refractivity contribution >= 4 is 5.97 Å². The lowest BCUT2D eigenvalue weighted by Gasteiger charge is -2.40. The Kier molecular flexibility index (Phi) is 2.19. The standard InChI is InChI=1S/C10H10FNO3/c11-6-1-2-8(12-5-6)10(9(14)15)3-7(13)4-10/h1-2,5,7,13H,3-4H2,(H,14,15). The predicted molar refractivity (Wildman–Crippen MR) is 48.7 cm³/mol. The molecule has 0 atom stereocenters. The number of aliphatic hydroxyl groups is 1. The summed E-state index contributed by atoms with van der Waals surface area (Å²) >= 11 is 0.